The lowest BCUT2D eigenvalue weighted by Gasteiger charge is -2.45. The van der Waals surface area contributed by atoms with Crippen LogP contribution in [0.5, 0.6) is 0 Å². The van der Waals surface area contributed by atoms with E-state index in [2.05, 4.69) is 5.32 Å². The Balaban J connectivity index is 1.72. The number of alkyl halides is 5. The Hall–Kier alpha value is -2.72. The molecular formula is C24H20ClF6NO3. The zero-order chi connectivity index (χ0) is 26.0. The Kier molecular flexibility index (Phi) is 5.92. The third-order valence-electron chi connectivity index (χ3n) is 6.88. The van der Waals surface area contributed by atoms with Gasteiger partial charge in [-0.25, -0.2) is 4.39 Å². The van der Waals surface area contributed by atoms with E-state index >= 15 is 0 Å². The lowest BCUT2D eigenvalue weighted by Crippen LogP contribution is -2.62. The summed E-state index contributed by atoms with van der Waals surface area (Å²) in [5, 5.41) is 24.1. The molecule has 1 heterocycles. The van der Waals surface area contributed by atoms with Crippen LogP contribution < -0.4 is 5.32 Å². The molecule has 1 aliphatic carbocycles. The van der Waals surface area contributed by atoms with E-state index in [1.54, 1.807) is 24.3 Å². The number of hydrogen-bond acceptors (Lipinski definition) is 3. The molecule has 1 saturated carbocycles. The van der Waals surface area contributed by atoms with Crippen molar-refractivity contribution in [3.63, 3.8) is 0 Å². The molecule has 3 N–H and O–H groups in total. The Labute approximate surface area is 201 Å². The van der Waals surface area contributed by atoms with Gasteiger partial charge in [0.25, 0.3) is 5.91 Å². The van der Waals surface area contributed by atoms with E-state index in [4.69, 9.17) is 11.6 Å². The van der Waals surface area contributed by atoms with Crippen molar-refractivity contribution in [3.05, 3.63) is 64.1 Å². The van der Waals surface area contributed by atoms with Crippen LogP contribution in [0.25, 0.3) is 16.7 Å². The highest BCUT2D eigenvalue weighted by atomic mass is 35.5. The first kappa shape index (κ1) is 25.4. The van der Waals surface area contributed by atoms with E-state index in [1.165, 1.54) is 19.1 Å². The first-order valence-corrected chi connectivity index (χ1v) is 11.0. The van der Waals surface area contributed by atoms with Crippen LogP contribution >= 0.6 is 11.6 Å². The first-order valence-electron chi connectivity index (χ1n) is 10.6. The summed E-state index contributed by atoms with van der Waals surface area (Å²) in [5.41, 5.74) is -4.21. The van der Waals surface area contributed by atoms with E-state index in [-0.39, 0.29) is 16.7 Å². The molecule has 0 saturated heterocycles. The molecule has 188 valence electrons. The van der Waals surface area contributed by atoms with Crippen LogP contribution in [0.1, 0.15) is 36.8 Å². The fraction of sp³-hybridized carbons (Fsp3) is 0.375. The van der Waals surface area contributed by atoms with Crippen molar-refractivity contribution in [2.24, 2.45) is 0 Å². The zero-order valence-electron chi connectivity index (χ0n) is 18.2. The fourth-order valence-corrected chi connectivity index (χ4v) is 4.88. The van der Waals surface area contributed by atoms with Gasteiger partial charge in [-0.3, -0.25) is 4.79 Å². The Bertz CT molecular complexity index is 1220. The van der Waals surface area contributed by atoms with Gasteiger partial charge in [-0.05, 0) is 73.6 Å². The van der Waals surface area contributed by atoms with E-state index in [0.29, 0.717) is 16.1 Å². The molecule has 4 nitrogen and oxygen atoms in total. The molecule has 2 aliphatic rings. The molecule has 1 aliphatic heterocycles. The van der Waals surface area contributed by atoms with E-state index < -0.39 is 66.4 Å². The van der Waals surface area contributed by atoms with Crippen molar-refractivity contribution in [3.8, 4) is 11.1 Å². The van der Waals surface area contributed by atoms with Crippen molar-refractivity contribution >= 4 is 23.1 Å². The minimum Gasteiger partial charge on any atom is -0.509 e. The number of carbonyl (C=O) groups is 1. The molecule has 2 aromatic carbocycles. The highest BCUT2D eigenvalue weighted by molar-refractivity contribution is 6.30. The molecule has 0 bridgehead atoms. The average molecular weight is 520 g/mol. The summed E-state index contributed by atoms with van der Waals surface area (Å²) in [4.78, 5) is 12.9. The number of aliphatic hydroxyl groups is 2. The highest BCUT2D eigenvalue weighted by Gasteiger charge is 2.71. The molecule has 0 atom stereocenters. The predicted molar refractivity (Wildman–Crippen MR) is 116 cm³/mol. The van der Waals surface area contributed by atoms with Gasteiger partial charge in [-0.1, -0.05) is 23.7 Å². The summed E-state index contributed by atoms with van der Waals surface area (Å²) < 4.78 is 81.2. The Morgan fingerprint density at radius 3 is 2.09 bits per heavy atom. The Morgan fingerprint density at radius 2 is 1.54 bits per heavy atom. The molecule has 1 amide bonds. The SMILES string of the molecule is Cc1cc(F)c(-c2ccc(Cl)cc2)cc1C1=C(O)[C@]2(CC[C@](O)(C(F)(F)C(F)(F)F)CC2)NC1=O. The van der Waals surface area contributed by atoms with Gasteiger partial charge < -0.3 is 15.5 Å². The van der Waals surface area contributed by atoms with Gasteiger partial charge >= 0.3 is 12.1 Å². The van der Waals surface area contributed by atoms with E-state index in [1.807, 2.05) is 0 Å². The lowest BCUT2D eigenvalue weighted by atomic mass is 9.70. The average Bonchev–Trinajstić information content (AvgIpc) is 3.00. The molecular weight excluding hydrogens is 500 g/mol. The van der Waals surface area contributed by atoms with Gasteiger partial charge in [0.1, 0.15) is 17.2 Å². The summed E-state index contributed by atoms with van der Waals surface area (Å²) in [6.07, 6.45) is -9.11. The van der Waals surface area contributed by atoms with E-state index in [9.17, 15) is 41.4 Å². The molecule has 1 fully saturated rings. The first-order chi connectivity index (χ1) is 16.1. The zero-order valence-corrected chi connectivity index (χ0v) is 19.0. The van der Waals surface area contributed by atoms with Gasteiger partial charge in [0.05, 0.1) is 11.1 Å². The molecule has 11 heteroatoms. The molecule has 0 radical (unpaired) electrons. The van der Waals surface area contributed by atoms with Gasteiger partial charge in [0, 0.05) is 10.6 Å². The van der Waals surface area contributed by atoms with E-state index in [0.717, 1.165) is 0 Å². The number of aliphatic hydroxyl groups excluding tert-OH is 1. The third-order valence-corrected chi connectivity index (χ3v) is 7.13. The second kappa shape index (κ2) is 8.16. The lowest BCUT2D eigenvalue weighted by molar-refractivity contribution is -0.347. The summed E-state index contributed by atoms with van der Waals surface area (Å²) in [6.45, 7) is 1.51. The summed E-state index contributed by atoms with van der Waals surface area (Å²) in [7, 11) is 0. The number of aryl methyl sites for hydroxylation is 1. The summed E-state index contributed by atoms with van der Waals surface area (Å²) in [5.74, 6) is -7.30. The van der Waals surface area contributed by atoms with Gasteiger partial charge in [0.2, 0.25) is 0 Å². The largest absolute Gasteiger partial charge is 0.509 e. The van der Waals surface area contributed by atoms with Crippen LogP contribution in [0, 0.1) is 12.7 Å². The second-order valence-corrected chi connectivity index (χ2v) is 9.45. The van der Waals surface area contributed by atoms with Crippen molar-refractivity contribution in [2.75, 3.05) is 0 Å². The molecule has 2 aromatic rings. The maximum atomic E-state index is 14.7. The Morgan fingerprint density at radius 1 is 0.971 bits per heavy atom. The standard InChI is InChI=1S/C24H20ClF6NO3/c1-12-10-17(26)16(13-2-4-14(25)5-3-13)11-15(12)18-19(33)21(32-20(18)34)6-8-22(35,9-7-21)23(27,28)24(29,30)31/h2-5,10-11,33,35H,6-9H2,1H3,(H,32,34)/t21-,22-. The van der Waals surface area contributed by atoms with Crippen LogP contribution in [-0.2, 0) is 4.79 Å². The van der Waals surface area contributed by atoms with Crippen LogP contribution in [0.3, 0.4) is 0 Å². The van der Waals surface area contributed by atoms with Gasteiger partial charge in [0.15, 0.2) is 0 Å². The van der Waals surface area contributed by atoms with Crippen LogP contribution in [0.2, 0.25) is 5.02 Å². The maximum absolute atomic E-state index is 14.7. The summed E-state index contributed by atoms with van der Waals surface area (Å²) in [6, 6.07) is 8.74. The van der Waals surface area contributed by atoms with Crippen molar-refractivity contribution in [1.82, 2.24) is 5.32 Å². The second-order valence-electron chi connectivity index (χ2n) is 9.02. The number of hydrogen-bond donors (Lipinski definition) is 3. The summed E-state index contributed by atoms with van der Waals surface area (Å²) >= 11 is 5.88. The topological polar surface area (TPSA) is 69.6 Å². The number of halogens is 7. The van der Waals surface area contributed by atoms with Crippen molar-refractivity contribution in [2.45, 2.75) is 55.8 Å². The van der Waals surface area contributed by atoms with Crippen LogP contribution in [0.4, 0.5) is 26.3 Å². The highest BCUT2D eigenvalue weighted by Crippen LogP contribution is 2.53. The van der Waals surface area contributed by atoms with Gasteiger partial charge in [-0.15, -0.1) is 0 Å². The number of carbonyl (C=O) groups excluding carboxylic acids is 1. The monoisotopic (exact) mass is 519 g/mol. The maximum Gasteiger partial charge on any atom is 0.456 e. The molecule has 4 rings (SSSR count). The number of benzene rings is 2. The number of amides is 1. The smallest absolute Gasteiger partial charge is 0.456 e. The molecule has 0 aromatic heterocycles. The van der Waals surface area contributed by atoms with Crippen LogP contribution in [0.15, 0.2) is 42.2 Å². The van der Waals surface area contributed by atoms with Crippen molar-refractivity contribution in [1.29, 1.82) is 0 Å². The predicted octanol–water partition coefficient (Wildman–Crippen LogP) is 6.09. The van der Waals surface area contributed by atoms with Crippen LogP contribution in [-0.4, -0.2) is 39.4 Å². The normalized spacial score (nSPS) is 25.3. The molecule has 0 unspecified atom stereocenters. The fourth-order valence-electron chi connectivity index (χ4n) is 4.76. The minimum absolute atomic E-state index is 0.110. The number of rotatable bonds is 3. The van der Waals surface area contributed by atoms with Crippen molar-refractivity contribution < 1.29 is 41.4 Å². The molecule has 35 heavy (non-hydrogen) atoms. The number of nitrogens with one attached hydrogen (secondary N) is 1. The minimum atomic E-state index is -5.96. The quantitative estimate of drug-likeness (QED) is 0.430. The van der Waals surface area contributed by atoms with Gasteiger partial charge in [-0.2, -0.15) is 22.0 Å². The molecule has 1 spiro atoms. The third kappa shape index (κ3) is 3.96.